The average molecular weight is 411 g/mol. The molecule has 3 rings (SSSR count). The second kappa shape index (κ2) is 8.89. The van der Waals surface area contributed by atoms with Gasteiger partial charge < -0.3 is 9.84 Å². The minimum absolute atomic E-state index is 0.0308. The van der Waals surface area contributed by atoms with Crippen LogP contribution in [0.25, 0.3) is 0 Å². The molecule has 0 fully saturated rings. The Morgan fingerprint density at radius 1 is 0.897 bits per heavy atom. The molecule has 0 heterocycles. The lowest BCUT2D eigenvalue weighted by molar-refractivity contribution is 0.0696. The van der Waals surface area contributed by atoms with Crippen molar-refractivity contribution in [2.24, 2.45) is 0 Å². The van der Waals surface area contributed by atoms with Gasteiger partial charge in [-0.05, 0) is 35.9 Å². The highest BCUT2D eigenvalue weighted by molar-refractivity contribution is 7.89. The smallest absolute Gasteiger partial charge is 0.335 e. The number of carboxylic acid groups (broad SMARTS) is 1. The zero-order valence-corrected chi connectivity index (χ0v) is 16.7. The fourth-order valence-electron chi connectivity index (χ4n) is 2.96. The Morgan fingerprint density at radius 2 is 1.52 bits per heavy atom. The molecule has 0 amide bonds. The van der Waals surface area contributed by atoms with Crippen LogP contribution >= 0.6 is 0 Å². The zero-order chi connectivity index (χ0) is 20.9. The van der Waals surface area contributed by atoms with Crippen molar-refractivity contribution in [2.75, 3.05) is 7.11 Å². The van der Waals surface area contributed by atoms with Crippen molar-refractivity contribution in [2.45, 2.75) is 18.0 Å². The Kier molecular flexibility index (Phi) is 6.31. The maximum Gasteiger partial charge on any atom is 0.335 e. The molecule has 29 heavy (non-hydrogen) atoms. The van der Waals surface area contributed by atoms with Gasteiger partial charge in [0.1, 0.15) is 5.75 Å². The number of para-hydroxylation sites is 1. The number of sulfonamides is 1. The number of ether oxygens (including phenoxy) is 1. The van der Waals surface area contributed by atoms with E-state index < -0.39 is 16.0 Å². The Morgan fingerprint density at radius 3 is 2.14 bits per heavy atom. The summed E-state index contributed by atoms with van der Waals surface area (Å²) in [6.07, 6.45) is 0. The van der Waals surface area contributed by atoms with E-state index in [-0.39, 0.29) is 23.5 Å². The summed E-state index contributed by atoms with van der Waals surface area (Å²) in [7, 11) is -2.34. The molecule has 6 nitrogen and oxygen atoms in total. The van der Waals surface area contributed by atoms with Crippen LogP contribution in [0.4, 0.5) is 0 Å². The lowest BCUT2D eigenvalue weighted by atomic mass is 10.2. The molecule has 0 aliphatic carbocycles. The van der Waals surface area contributed by atoms with E-state index in [4.69, 9.17) is 9.84 Å². The van der Waals surface area contributed by atoms with Gasteiger partial charge in [-0.2, -0.15) is 4.31 Å². The van der Waals surface area contributed by atoms with E-state index in [0.717, 1.165) is 11.1 Å². The molecule has 0 saturated carbocycles. The molecule has 0 spiro atoms. The highest BCUT2D eigenvalue weighted by Crippen LogP contribution is 2.25. The number of benzene rings is 3. The Balaban J connectivity index is 1.99. The van der Waals surface area contributed by atoms with Crippen molar-refractivity contribution in [3.8, 4) is 5.75 Å². The summed E-state index contributed by atoms with van der Waals surface area (Å²) in [5.41, 5.74) is 1.60. The number of rotatable bonds is 8. The number of hydrogen-bond donors (Lipinski definition) is 1. The van der Waals surface area contributed by atoms with Crippen LogP contribution in [0.2, 0.25) is 0 Å². The third kappa shape index (κ3) is 4.82. The highest BCUT2D eigenvalue weighted by atomic mass is 32.2. The van der Waals surface area contributed by atoms with Gasteiger partial charge in [-0.15, -0.1) is 0 Å². The Labute approximate surface area is 170 Å². The van der Waals surface area contributed by atoms with E-state index in [2.05, 4.69) is 0 Å². The molecule has 0 aromatic heterocycles. The van der Waals surface area contributed by atoms with E-state index in [9.17, 15) is 13.2 Å². The predicted molar refractivity (Wildman–Crippen MR) is 109 cm³/mol. The largest absolute Gasteiger partial charge is 0.496 e. The first-order valence-electron chi connectivity index (χ1n) is 8.91. The molecule has 0 aliphatic heterocycles. The number of carboxylic acids is 1. The van der Waals surface area contributed by atoms with Gasteiger partial charge in [-0.25, -0.2) is 13.2 Å². The molecule has 0 unspecified atom stereocenters. The van der Waals surface area contributed by atoms with E-state index in [1.165, 1.54) is 28.6 Å². The third-order valence-electron chi connectivity index (χ3n) is 4.48. The van der Waals surface area contributed by atoms with Gasteiger partial charge in [0.15, 0.2) is 0 Å². The minimum atomic E-state index is -3.88. The Bertz CT molecular complexity index is 1080. The van der Waals surface area contributed by atoms with Gasteiger partial charge in [0, 0.05) is 18.7 Å². The monoisotopic (exact) mass is 411 g/mol. The number of carbonyl (C=O) groups is 1. The molecule has 3 aromatic rings. The van der Waals surface area contributed by atoms with Crippen molar-refractivity contribution in [1.29, 1.82) is 0 Å². The van der Waals surface area contributed by atoms with E-state index in [1.54, 1.807) is 13.2 Å². The molecule has 1 N–H and O–H groups in total. The van der Waals surface area contributed by atoms with Crippen LogP contribution in [0.3, 0.4) is 0 Å². The second-order valence-electron chi connectivity index (χ2n) is 6.40. The molecule has 3 aromatic carbocycles. The third-order valence-corrected chi connectivity index (χ3v) is 6.29. The summed E-state index contributed by atoms with van der Waals surface area (Å²) < 4.78 is 33.4. The summed E-state index contributed by atoms with van der Waals surface area (Å²) in [6, 6.07) is 21.8. The van der Waals surface area contributed by atoms with Gasteiger partial charge in [0.05, 0.1) is 17.6 Å². The van der Waals surface area contributed by atoms with Gasteiger partial charge in [0.25, 0.3) is 0 Å². The summed E-state index contributed by atoms with van der Waals surface area (Å²) in [6.45, 7) is 0.282. The Hall–Kier alpha value is -3.16. The van der Waals surface area contributed by atoms with Crippen LogP contribution in [0.15, 0.2) is 83.8 Å². The van der Waals surface area contributed by atoms with Crippen LogP contribution in [-0.4, -0.2) is 30.9 Å². The van der Waals surface area contributed by atoms with Crippen molar-refractivity contribution >= 4 is 16.0 Å². The molecule has 7 heteroatoms. The lowest BCUT2D eigenvalue weighted by Gasteiger charge is -2.23. The van der Waals surface area contributed by atoms with E-state index >= 15 is 0 Å². The average Bonchev–Trinajstić information content (AvgIpc) is 2.74. The van der Waals surface area contributed by atoms with Crippen LogP contribution < -0.4 is 4.74 Å². The van der Waals surface area contributed by atoms with Gasteiger partial charge >= 0.3 is 5.97 Å². The topological polar surface area (TPSA) is 83.9 Å². The van der Waals surface area contributed by atoms with Gasteiger partial charge in [0.2, 0.25) is 10.0 Å². The lowest BCUT2D eigenvalue weighted by Crippen LogP contribution is -2.30. The molecular formula is C22H21NO5S. The zero-order valence-electron chi connectivity index (χ0n) is 15.9. The second-order valence-corrected chi connectivity index (χ2v) is 8.34. The number of nitrogens with zero attached hydrogens (tertiary/aromatic N) is 1. The standard InChI is InChI=1S/C22H21NO5S/c1-28-21-10-6-5-9-19(21)16-23(15-17-7-3-2-4-8-17)29(26,27)20-13-11-18(12-14-20)22(24)25/h2-14H,15-16H2,1H3,(H,24,25). The fraction of sp³-hybridized carbons (Fsp3) is 0.136. The van der Waals surface area contributed by atoms with Gasteiger partial charge in [-0.3, -0.25) is 0 Å². The van der Waals surface area contributed by atoms with Crippen molar-refractivity contribution in [3.05, 3.63) is 95.6 Å². The number of hydrogen-bond acceptors (Lipinski definition) is 4. The highest BCUT2D eigenvalue weighted by Gasteiger charge is 2.26. The maximum atomic E-state index is 13.4. The first kappa shape index (κ1) is 20.6. The first-order chi connectivity index (χ1) is 13.9. The molecule has 0 saturated heterocycles. The van der Waals surface area contributed by atoms with Crippen LogP contribution in [0.5, 0.6) is 5.75 Å². The quantitative estimate of drug-likeness (QED) is 0.610. The van der Waals surface area contributed by atoms with Crippen LogP contribution in [0.1, 0.15) is 21.5 Å². The SMILES string of the molecule is COc1ccccc1CN(Cc1ccccc1)S(=O)(=O)c1ccc(C(=O)O)cc1. The molecule has 150 valence electrons. The minimum Gasteiger partial charge on any atom is -0.496 e. The molecule has 0 aliphatic rings. The van der Waals surface area contributed by atoms with Crippen LogP contribution in [0, 0.1) is 0 Å². The van der Waals surface area contributed by atoms with Gasteiger partial charge in [-0.1, -0.05) is 48.5 Å². The normalized spacial score (nSPS) is 11.4. The fourth-order valence-corrected chi connectivity index (χ4v) is 4.36. The van der Waals surface area contributed by atoms with Crippen LogP contribution in [-0.2, 0) is 23.1 Å². The predicted octanol–water partition coefficient (Wildman–Crippen LogP) is 3.78. The number of methoxy groups -OCH3 is 1. The summed E-state index contributed by atoms with van der Waals surface area (Å²) >= 11 is 0. The molecule has 0 radical (unpaired) electrons. The van der Waals surface area contributed by atoms with Crippen molar-refractivity contribution in [1.82, 2.24) is 4.31 Å². The van der Waals surface area contributed by atoms with E-state index in [0.29, 0.717) is 5.75 Å². The van der Waals surface area contributed by atoms with E-state index in [1.807, 2.05) is 48.5 Å². The first-order valence-corrected chi connectivity index (χ1v) is 10.3. The summed E-state index contributed by atoms with van der Waals surface area (Å²) in [4.78, 5) is 11.1. The van der Waals surface area contributed by atoms with Crippen molar-refractivity contribution in [3.63, 3.8) is 0 Å². The molecule has 0 atom stereocenters. The maximum absolute atomic E-state index is 13.4. The number of aromatic carboxylic acids is 1. The summed E-state index contributed by atoms with van der Waals surface area (Å²) in [5, 5.41) is 9.06. The molecular weight excluding hydrogens is 390 g/mol. The molecule has 0 bridgehead atoms. The summed E-state index contributed by atoms with van der Waals surface area (Å²) in [5.74, 6) is -0.508. The van der Waals surface area contributed by atoms with Crippen molar-refractivity contribution < 1.29 is 23.1 Å².